The molecule has 0 aliphatic carbocycles. The van der Waals surface area contributed by atoms with Crippen LogP contribution in [0, 0.1) is 5.92 Å². The summed E-state index contributed by atoms with van der Waals surface area (Å²) in [5, 5.41) is 0. The molecule has 1 fully saturated rings. The molecule has 3 rings (SSSR count). The summed E-state index contributed by atoms with van der Waals surface area (Å²) in [6.07, 6.45) is 2.12. The van der Waals surface area contributed by atoms with Crippen LogP contribution in [0.2, 0.25) is 0 Å². The van der Waals surface area contributed by atoms with Gasteiger partial charge in [0.1, 0.15) is 5.75 Å². The number of amides is 2. The Labute approximate surface area is 201 Å². The third-order valence-corrected chi connectivity index (χ3v) is 6.64. The Morgan fingerprint density at radius 3 is 2.56 bits per heavy atom. The second-order valence-electron chi connectivity index (χ2n) is 8.94. The summed E-state index contributed by atoms with van der Waals surface area (Å²) in [6.45, 7) is 4.79. The van der Waals surface area contributed by atoms with Gasteiger partial charge >= 0.3 is 0 Å². The Bertz CT molecular complexity index is 994. The molecule has 182 valence electrons. The molecular formula is C27H35N3O4. The number of nitrogens with zero attached hydrogens (tertiary/aromatic N) is 2. The van der Waals surface area contributed by atoms with Crippen LogP contribution in [-0.4, -0.2) is 59.7 Å². The molecule has 2 N–H and O–H groups in total. The minimum Gasteiger partial charge on any atom is -0.497 e. The van der Waals surface area contributed by atoms with Crippen LogP contribution in [0.5, 0.6) is 5.75 Å². The highest BCUT2D eigenvalue weighted by atomic mass is 16.5. The van der Waals surface area contributed by atoms with Gasteiger partial charge in [0.2, 0.25) is 11.8 Å². The first-order valence-electron chi connectivity index (χ1n) is 11.9. The zero-order valence-corrected chi connectivity index (χ0v) is 20.3. The molecule has 0 unspecified atom stereocenters. The molecule has 1 heterocycles. The number of Topliss-reactive ketones (excluding diaryl/α,β-unsaturated/α-hetero) is 1. The van der Waals surface area contributed by atoms with Crippen molar-refractivity contribution in [3.8, 4) is 5.75 Å². The van der Waals surface area contributed by atoms with Crippen molar-refractivity contribution in [2.75, 3.05) is 20.2 Å². The number of ketones is 1. The molecule has 0 saturated carbocycles. The molecule has 7 nitrogen and oxygen atoms in total. The fraction of sp³-hybridized carbons (Fsp3) is 0.444. The SMILES string of the molecule is CC[C@H](C)[C@H](N)C(=O)N(Cc1ccccc1)C(=O)[C@@H]1CCCN1CC(=O)c1cccc(OC)c1. The average molecular weight is 466 g/mol. The summed E-state index contributed by atoms with van der Waals surface area (Å²) < 4.78 is 5.22. The summed E-state index contributed by atoms with van der Waals surface area (Å²) in [5.74, 6) is -0.181. The van der Waals surface area contributed by atoms with Crippen LogP contribution < -0.4 is 10.5 Å². The molecule has 2 amide bonds. The second-order valence-corrected chi connectivity index (χ2v) is 8.94. The lowest BCUT2D eigenvalue weighted by atomic mass is 9.98. The number of imide groups is 1. The molecule has 1 saturated heterocycles. The molecule has 0 aromatic heterocycles. The van der Waals surface area contributed by atoms with Gasteiger partial charge in [-0.25, -0.2) is 0 Å². The van der Waals surface area contributed by atoms with Gasteiger partial charge in [0.15, 0.2) is 5.78 Å². The Kier molecular flexibility index (Phi) is 8.96. The van der Waals surface area contributed by atoms with Gasteiger partial charge in [0.25, 0.3) is 0 Å². The molecule has 0 bridgehead atoms. The number of carbonyl (C=O) groups excluding carboxylic acids is 3. The summed E-state index contributed by atoms with van der Waals surface area (Å²) in [5.41, 5.74) is 7.65. The molecule has 3 atom stereocenters. The number of carbonyl (C=O) groups is 3. The van der Waals surface area contributed by atoms with Crippen LogP contribution in [0.4, 0.5) is 0 Å². The lowest BCUT2D eigenvalue weighted by molar-refractivity contribution is -0.149. The first-order chi connectivity index (χ1) is 16.3. The number of methoxy groups -OCH3 is 1. The van der Waals surface area contributed by atoms with E-state index in [1.807, 2.05) is 49.1 Å². The summed E-state index contributed by atoms with van der Waals surface area (Å²) in [7, 11) is 1.56. The first-order valence-corrected chi connectivity index (χ1v) is 11.9. The number of rotatable bonds is 10. The Balaban J connectivity index is 1.80. The molecule has 34 heavy (non-hydrogen) atoms. The number of nitrogens with two attached hydrogens (primary N) is 1. The zero-order chi connectivity index (χ0) is 24.7. The Morgan fingerprint density at radius 2 is 1.88 bits per heavy atom. The van der Waals surface area contributed by atoms with E-state index in [0.29, 0.717) is 24.3 Å². The van der Waals surface area contributed by atoms with Crippen LogP contribution >= 0.6 is 0 Å². The normalized spacial score (nSPS) is 17.7. The molecular weight excluding hydrogens is 430 g/mol. The van der Waals surface area contributed by atoms with E-state index in [4.69, 9.17) is 10.5 Å². The molecule has 0 spiro atoms. The summed E-state index contributed by atoms with van der Waals surface area (Å²) >= 11 is 0. The van der Waals surface area contributed by atoms with Crippen LogP contribution in [-0.2, 0) is 16.1 Å². The van der Waals surface area contributed by atoms with E-state index in [1.165, 1.54) is 4.90 Å². The van der Waals surface area contributed by atoms with Crippen LogP contribution in [0.3, 0.4) is 0 Å². The van der Waals surface area contributed by atoms with Crippen LogP contribution in [0.15, 0.2) is 54.6 Å². The van der Waals surface area contributed by atoms with Crippen molar-refractivity contribution >= 4 is 17.6 Å². The van der Waals surface area contributed by atoms with Crippen molar-refractivity contribution in [3.63, 3.8) is 0 Å². The smallest absolute Gasteiger partial charge is 0.246 e. The molecule has 1 aliphatic heterocycles. The topological polar surface area (TPSA) is 92.9 Å². The highest BCUT2D eigenvalue weighted by Crippen LogP contribution is 2.23. The van der Waals surface area contributed by atoms with Gasteiger partial charge in [-0.05, 0) is 43.0 Å². The number of ether oxygens (including phenoxy) is 1. The van der Waals surface area contributed by atoms with Crippen molar-refractivity contribution in [3.05, 3.63) is 65.7 Å². The van der Waals surface area contributed by atoms with Crippen LogP contribution in [0.1, 0.15) is 49.0 Å². The lowest BCUT2D eigenvalue weighted by Gasteiger charge is -2.31. The molecule has 0 radical (unpaired) electrons. The Hall–Kier alpha value is -3.03. The van der Waals surface area contributed by atoms with E-state index in [2.05, 4.69) is 0 Å². The van der Waals surface area contributed by atoms with E-state index in [9.17, 15) is 14.4 Å². The van der Waals surface area contributed by atoms with Crippen molar-refractivity contribution < 1.29 is 19.1 Å². The number of hydrogen-bond donors (Lipinski definition) is 1. The number of hydrogen-bond acceptors (Lipinski definition) is 6. The lowest BCUT2D eigenvalue weighted by Crippen LogP contribution is -2.54. The van der Waals surface area contributed by atoms with E-state index < -0.39 is 12.1 Å². The quantitative estimate of drug-likeness (QED) is 0.542. The standard InChI is InChI=1S/C27H35N3O4/c1-4-19(2)25(28)27(33)30(17-20-10-6-5-7-11-20)26(32)23-14-9-15-29(23)18-24(31)21-12-8-13-22(16-21)34-3/h5-8,10-13,16,19,23,25H,4,9,14-15,17-18,28H2,1-3H3/t19-,23-,25-/m0/s1. The number of likely N-dealkylation sites (tertiary alicyclic amines) is 1. The first kappa shape index (κ1) is 25.6. The maximum absolute atomic E-state index is 13.7. The third kappa shape index (κ3) is 6.10. The number of benzene rings is 2. The van der Waals surface area contributed by atoms with Crippen molar-refractivity contribution in [1.29, 1.82) is 0 Å². The van der Waals surface area contributed by atoms with Crippen molar-refractivity contribution in [2.45, 2.75) is 51.7 Å². The monoisotopic (exact) mass is 465 g/mol. The average Bonchev–Trinajstić information content (AvgIpc) is 3.34. The maximum atomic E-state index is 13.7. The minimum absolute atomic E-state index is 0.0482. The van der Waals surface area contributed by atoms with E-state index in [1.54, 1.807) is 31.4 Å². The highest BCUT2D eigenvalue weighted by molar-refractivity contribution is 6.01. The van der Waals surface area contributed by atoms with Gasteiger partial charge < -0.3 is 10.5 Å². The fourth-order valence-electron chi connectivity index (χ4n) is 4.25. The minimum atomic E-state index is -0.758. The van der Waals surface area contributed by atoms with Gasteiger partial charge in [-0.3, -0.25) is 24.2 Å². The third-order valence-electron chi connectivity index (χ3n) is 6.64. The molecule has 2 aromatic carbocycles. The summed E-state index contributed by atoms with van der Waals surface area (Å²) in [6, 6.07) is 15.1. The van der Waals surface area contributed by atoms with Crippen molar-refractivity contribution in [1.82, 2.24) is 9.80 Å². The Morgan fingerprint density at radius 1 is 1.15 bits per heavy atom. The van der Waals surface area contributed by atoms with Gasteiger partial charge in [0.05, 0.1) is 32.3 Å². The van der Waals surface area contributed by atoms with E-state index in [0.717, 1.165) is 18.4 Å². The van der Waals surface area contributed by atoms with E-state index in [-0.39, 0.29) is 36.6 Å². The van der Waals surface area contributed by atoms with Crippen molar-refractivity contribution in [2.24, 2.45) is 11.7 Å². The van der Waals surface area contributed by atoms with Gasteiger partial charge in [-0.15, -0.1) is 0 Å². The van der Waals surface area contributed by atoms with Gasteiger partial charge in [0, 0.05) is 5.56 Å². The molecule has 1 aliphatic rings. The van der Waals surface area contributed by atoms with Crippen LogP contribution in [0.25, 0.3) is 0 Å². The summed E-state index contributed by atoms with van der Waals surface area (Å²) in [4.78, 5) is 43.2. The van der Waals surface area contributed by atoms with Gasteiger partial charge in [-0.2, -0.15) is 0 Å². The maximum Gasteiger partial charge on any atom is 0.246 e. The predicted molar refractivity (Wildman–Crippen MR) is 131 cm³/mol. The second kappa shape index (κ2) is 11.9. The fourth-order valence-corrected chi connectivity index (χ4v) is 4.25. The van der Waals surface area contributed by atoms with E-state index >= 15 is 0 Å². The van der Waals surface area contributed by atoms with Gasteiger partial charge in [-0.1, -0.05) is 62.7 Å². The molecule has 7 heteroatoms. The predicted octanol–water partition coefficient (Wildman–Crippen LogP) is 3.27. The molecule has 2 aromatic rings. The zero-order valence-electron chi connectivity index (χ0n) is 20.3. The highest BCUT2D eigenvalue weighted by Gasteiger charge is 2.38. The largest absolute Gasteiger partial charge is 0.497 e.